The highest BCUT2D eigenvalue weighted by Gasteiger charge is 2.22. The van der Waals surface area contributed by atoms with Crippen molar-refractivity contribution in [1.29, 1.82) is 0 Å². The van der Waals surface area contributed by atoms with Crippen LogP contribution in [-0.2, 0) is 4.74 Å². The molecule has 1 N–H and O–H groups in total. The van der Waals surface area contributed by atoms with Gasteiger partial charge in [-0.2, -0.15) is 0 Å². The SMILES string of the molecule is CCOc1cccc(C2CC(NC)CCO2)c1. The second-order valence-electron chi connectivity index (χ2n) is 4.37. The van der Waals surface area contributed by atoms with E-state index in [2.05, 4.69) is 17.4 Å². The van der Waals surface area contributed by atoms with Crippen molar-refractivity contribution in [3.05, 3.63) is 29.8 Å². The summed E-state index contributed by atoms with van der Waals surface area (Å²) in [5, 5.41) is 3.33. The molecule has 0 bridgehead atoms. The summed E-state index contributed by atoms with van der Waals surface area (Å²) in [5.41, 5.74) is 1.22. The van der Waals surface area contributed by atoms with E-state index >= 15 is 0 Å². The number of nitrogens with one attached hydrogen (secondary N) is 1. The summed E-state index contributed by atoms with van der Waals surface area (Å²) >= 11 is 0. The van der Waals surface area contributed by atoms with Gasteiger partial charge in [-0.05, 0) is 44.5 Å². The van der Waals surface area contributed by atoms with Crippen molar-refractivity contribution in [3.8, 4) is 5.75 Å². The molecule has 3 nitrogen and oxygen atoms in total. The van der Waals surface area contributed by atoms with Crippen molar-refractivity contribution in [2.24, 2.45) is 0 Å². The summed E-state index contributed by atoms with van der Waals surface area (Å²) in [6.07, 6.45) is 2.33. The van der Waals surface area contributed by atoms with E-state index in [1.807, 2.05) is 26.1 Å². The maximum absolute atomic E-state index is 5.83. The number of benzene rings is 1. The van der Waals surface area contributed by atoms with E-state index in [4.69, 9.17) is 9.47 Å². The van der Waals surface area contributed by atoms with Crippen LogP contribution in [0.25, 0.3) is 0 Å². The summed E-state index contributed by atoms with van der Waals surface area (Å²) < 4.78 is 11.4. The molecule has 1 heterocycles. The molecule has 94 valence electrons. The van der Waals surface area contributed by atoms with Crippen LogP contribution in [0.2, 0.25) is 0 Å². The standard InChI is InChI=1S/C14H21NO2/c1-3-16-13-6-4-5-11(9-13)14-10-12(15-2)7-8-17-14/h4-6,9,12,14-15H,3,7-8,10H2,1-2H3. The molecule has 1 aliphatic heterocycles. The van der Waals surface area contributed by atoms with Crippen molar-refractivity contribution in [2.45, 2.75) is 31.9 Å². The third-order valence-electron chi connectivity index (χ3n) is 3.23. The minimum Gasteiger partial charge on any atom is -0.494 e. The summed E-state index contributed by atoms with van der Waals surface area (Å²) in [4.78, 5) is 0. The highest BCUT2D eigenvalue weighted by Crippen LogP contribution is 2.29. The molecular weight excluding hydrogens is 214 g/mol. The lowest BCUT2D eigenvalue weighted by molar-refractivity contribution is 0.00143. The highest BCUT2D eigenvalue weighted by molar-refractivity contribution is 5.30. The molecule has 2 atom stereocenters. The van der Waals surface area contributed by atoms with Crippen LogP contribution < -0.4 is 10.1 Å². The van der Waals surface area contributed by atoms with E-state index in [1.54, 1.807) is 0 Å². The first-order valence-corrected chi connectivity index (χ1v) is 6.35. The molecule has 2 rings (SSSR count). The molecule has 1 saturated heterocycles. The third kappa shape index (κ3) is 3.20. The van der Waals surface area contributed by atoms with Gasteiger partial charge in [0.1, 0.15) is 5.75 Å². The Morgan fingerprint density at radius 3 is 3.12 bits per heavy atom. The summed E-state index contributed by atoms with van der Waals surface area (Å²) in [6.45, 7) is 3.53. The predicted octanol–water partition coefficient (Wildman–Crippen LogP) is 2.52. The zero-order chi connectivity index (χ0) is 12.1. The average molecular weight is 235 g/mol. The molecule has 1 fully saturated rings. The lowest BCUT2D eigenvalue weighted by Gasteiger charge is -2.29. The topological polar surface area (TPSA) is 30.5 Å². The van der Waals surface area contributed by atoms with Gasteiger partial charge in [0, 0.05) is 12.6 Å². The zero-order valence-corrected chi connectivity index (χ0v) is 10.6. The van der Waals surface area contributed by atoms with Crippen molar-refractivity contribution in [1.82, 2.24) is 5.32 Å². The van der Waals surface area contributed by atoms with Gasteiger partial charge in [0.2, 0.25) is 0 Å². The van der Waals surface area contributed by atoms with Crippen LogP contribution in [0.5, 0.6) is 5.75 Å². The lowest BCUT2D eigenvalue weighted by atomic mass is 9.97. The Balaban J connectivity index is 2.07. The largest absolute Gasteiger partial charge is 0.494 e. The van der Waals surface area contributed by atoms with Crippen molar-refractivity contribution < 1.29 is 9.47 Å². The van der Waals surface area contributed by atoms with Crippen molar-refractivity contribution in [3.63, 3.8) is 0 Å². The molecule has 1 aromatic carbocycles. The molecule has 0 aliphatic carbocycles. The van der Waals surface area contributed by atoms with Gasteiger partial charge in [-0.3, -0.25) is 0 Å². The first kappa shape index (κ1) is 12.4. The van der Waals surface area contributed by atoms with Crippen LogP contribution in [0, 0.1) is 0 Å². The van der Waals surface area contributed by atoms with Gasteiger partial charge in [0.15, 0.2) is 0 Å². The van der Waals surface area contributed by atoms with Gasteiger partial charge >= 0.3 is 0 Å². The van der Waals surface area contributed by atoms with Gasteiger partial charge in [0.05, 0.1) is 12.7 Å². The number of ether oxygens (including phenoxy) is 2. The Kier molecular flexibility index (Phi) is 4.40. The number of hydrogen-bond acceptors (Lipinski definition) is 3. The second kappa shape index (κ2) is 6.03. The van der Waals surface area contributed by atoms with E-state index in [1.165, 1.54) is 5.56 Å². The fourth-order valence-corrected chi connectivity index (χ4v) is 2.26. The van der Waals surface area contributed by atoms with Crippen LogP contribution in [0.3, 0.4) is 0 Å². The Morgan fingerprint density at radius 1 is 1.47 bits per heavy atom. The second-order valence-corrected chi connectivity index (χ2v) is 4.37. The molecular formula is C14H21NO2. The summed E-state index contributed by atoms with van der Waals surface area (Å²) in [5.74, 6) is 0.931. The molecule has 17 heavy (non-hydrogen) atoms. The van der Waals surface area contributed by atoms with Crippen molar-refractivity contribution in [2.75, 3.05) is 20.3 Å². The van der Waals surface area contributed by atoms with Gasteiger partial charge in [0.25, 0.3) is 0 Å². The predicted molar refractivity (Wildman–Crippen MR) is 68.4 cm³/mol. The fourth-order valence-electron chi connectivity index (χ4n) is 2.26. The van der Waals surface area contributed by atoms with Crippen LogP contribution in [0.15, 0.2) is 24.3 Å². The van der Waals surface area contributed by atoms with Gasteiger partial charge < -0.3 is 14.8 Å². The fraction of sp³-hybridized carbons (Fsp3) is 0.571. The lowest BCUT2D eigenvalue weighted by Crippen LogP contribution is -2.33. The Morgan fingerprint density at radius 2 is 2.35 bits per heavy atom. The first-order valence-electron chi connectivity index (χ1n) is 6.35. The average Bonchev–Trinajstić information content (AvgIpc) is 2.40. The first-order chi connectivity index (χ1) is 8.33. The molecule has 3 heteroatoms. The molecule has 2 unspecified atom stereocenters. The van der Waals surface area contributed by atoms with E-state index in [9.17, 15) is 0 Å². The zero-order valence-electron chi connectivity index (χ0n) is 10.6. The van der Waals surface area contributed by atoms with Crippen LogP contribution in [0.4, 0.5) is 0 Å². The third-order valence-corrected chi connectivity index (χ3v) is 3.23. The normalized spacial score (nSPS) is 24.6. The van der Waals surface area contributed by atoms with E-state index in [0.29, 0.717) is 12.6 Å². The van der Waals surface area contributed by atoms with Crippen LogP contribution in [0.1, 0.15) is 31.4 Å². The summed E-state index contributed by atoms with van der Waals surface area (Å²) in [6, 6.07) is 8.79. The van der Waals surface area contributed by atoms with Gasteiger partial charge in [-0.1, -0.05) is 12.1 Å². The van der Waals surface area contributed by atoms with Crippen molar-refractivity contribution >= 4 is 0 Å². The molecule has 0 radical (unpaired) electrons. The molecule has 0 aromatic heterocycles. The molecule has 0 amide bonds. The molecule has 1 aromatic rings. The highest BCUT2D eigenvalue weighted by atomic mass is 16.5. The minimum atomic E-state index is 0.196. The maximum Gasteiger partial charge on any atom is 0.119 e. The smallest absolute Gasteiger partial charge is 0.119 e. The Hall–Kier alpha value is -1.06. The van der Waals surface area contributed by atoms with Crippen LogP contribution in [-0.4, -0.2) is 26.3 Å². The monoisotopic (exact) mass is 235 g/mol. The van der Waals surface area contributed by atoms with E-state index < -0.39 is 0 Å². The van der Waals surface area contributed by atoms with Crippen LogP contribution >= 0.6 is 0 Å². The maximum atomic E-state index is 5.83. The molecule has 0 spiro atoms. The molecule has 1 aliphatic rings. The van der Waals surface area contributed by atoms with E-state index in [0.717, 1.165) is 25.2 Å². The van der Waals surface area contributed by atoms with Gasteiger partial charge in [-0.15, -0.1) is 0 Å². The molecule has 0 saturated carbocycles. The quantitative estimate of drug-likeness (QED) is 0.870. The van der Waals surface area contributed by atoms with Gasteiger partial charge in [-0.25, -0.2) is 0 Å². The number of hydrogen-bond donors (Lipinski definition) is 1. The Labute approximate surface area is 103 Å². The Bertz CT molecular complexity index is 354. The minimum absolute atomic E-state index is 0.196. The summed E-state index contributed by atoms with van der Waals surface area (Å²) in [7, 11) is 2.02. The van der Waals surface area contributed by atoms with E-state index in [-0.39, 0.29) is 6.10 Å². The number of rotatable bonds is 4.